The van der Waals surface area contributed by atoms with E-state index in [2.05, 4.69) is 24.3 Å². The van der Waals surface area contributed by atoms with Gasteiger partial charge in [0.2, 0.25) is 0 Å². The fraction of sp³-hybridized carbons (Fsp3) is 0.500. The molecule has 1 fully saturated rings. The van der Waals surface area contributed by atoms with E-state index < -0.39 is 6.29 Å². The van der Waals surface area contributed by atoms with Crippen molar-refractivity contribution in [2.45, 2.75) is 19.3 Å². The van der Waals surface area contributed by atoms with Gasteiger partial charge in [-0.2, -0.15) is 0 Å². The van der Waals surface area contributed by atoms with E-state index in [1.54, 1.807) is 0 Å². The van der Waals surface area contributed by atoms with Crippen LogP contribution < -0.4 is 0 Å². The number of aliphatic hydroxyl groups is 1. The summed E-state index contributed by atoms with van der Waals surface area (Å²) in [6, 6.07) is 10.2. The molecule has 1 saturated heterocycles. The second kappa shape index (κ2) is 5.87. The number of ether oxygens (including phenoxy) is 2. The third kappa shape index (κ3) is 3.06. The largest absolute Gasteiger partial charge is 0.376 e. The number of rotatable bonds is 4. The normalized spacial score (nSPS) is 33.3. The first-order chi connectivity index (χ1) is 9.33. The van der Waals surface area contributed by atoms with Crippen molar-refractivity contribution in [3.8, 4) is 0 Å². The number of fused-ring (bicyclic) bond motifs is 1. The molecule has 0 radical (unpaired) electrons. The highest BCUT2D eigenvalue weighted by molar-refractivity contribution is 5.13. The summed E-state index contributed by atoms with van der Waals surface area (Å²) >= 11 is 0. The molecule has 1 aromatic carbocycles. The maximum atomic E-state index is 9.48. The molecule has 102 valence electrons. The molecule has 19 heavy (non-hydrogen) atoms. The van der Waals surface area contributed by atoms with Gasteiger partial charge in [-0.25, -0.2) is 0 Å². The van der Waals surface area contributed by atoms with Gasteiger partial charge in [0.25, 0.3) is 0 Å². The third-order valence-corrected chi connectivity index (χ3v) is 4.08. The summed E-state index contributed by atoms with van der Waals surface area (Å²) in [5, 5.41) is 9.48. The summed E-state index contributed by atoms with van der Waals surface area (Å²) in [7, 11) is 0. The van der Waals surface area contributed by atoms with E-state index in [-0.39, 0.29) is 0 Å². The molecule has 1 N–H and O–H groups in total. The third-order valence-electron chi connectivity index (χ3n) is 4.08. The molecular formula is C16H20O3. The summed E-state index contributed by atoms with van der Waals surface area (Å²) in [5.41, 5.74) is 1.20. The molecule has 1 unspecified atom stereocenters. The highest BCUT2D eigenvalue weighted by Crippen LogP contribution is 2.37. The monoisotopic (exact) mass is 260 g/mol. The van der Waals surface area contributed by atoms with Crippen molar-refractivity contribution < 1.29 is 14.6 Å². The van der Waals surface area contributed by atoms with Crippen molar-refractivity contribution in [2.24, 2.45) is 17.8 Å². The lowest BCUT2D eigenvalue weighted by molar-refractivity contribution is -0.157. The smallest absolute Gasteiger partial charge is 0.155 e. The molecule has 0 bridgehead atoms. The van der Waals surface area contributed by atoms with Gasteiger partial charge in [0.05, 0.1) is 19.8 Å². The first-order valence-electron chi connectivity index (χ1n) is 6.92. The maximum Gasteiger partial charge on any atom is 0.155 e. The number of benzene rings is 1. The molecule has 4 atom stereocenters. The van der Waals surface area contributed by atoms with E-state index in [1.807, 2.05) is 18.2 Å². The average Bonchev–Trinajstić information content (AvgIpc) is 2.82. The van der Waals surface area contributed by atoms with Crippen LogP contribution in [0.2, 0.25) is 0 Å². The van der Waals surface area contributed by atoms with Crippen LogP contribution in [0.3, 0.4) is 0 Å². The van der Waals surface area contributed by atoms with Crippen LogP contribution in [0.15, 0.2) is 42.5 Å². The predicted octanol–water partition coefficient (Wildman–Crippen LogP) is 2.36. The minimum atomic E-state index is -0.588. The van der Waals surface area contributed by atoms with Crippen LogP contribution in [0.25, 0.3) is 0 Å². The zero-order valence-corrected chi connectivity index (χ0v) is 10.9. The average molecular weight is 260 g/mol. The van der Waals surface area contributed by atoms with Crippen molar-refractivity contribution in [3.05, 3.63) is 48.0 Å². The Bertz CT molecular complexity index is 429. The Kier molecular flexibility index (Phi) is 3.97. The molecule has 1 aliphatic heterocycles. The van der Waals surface area contributed by atoms with Gasteiger partial charge < -0.3 is 14.6 Å². The summed E-state index contributed by atoms with van der Waals surface area (Å²) < 4.78 is 11.2. The SMILES string of the molecule is OC1C[C@H]2C=C[C@H](COCc3ccccc3)[C@H]2CO1. The van der Waals surface area contributed by atoms with Crippen molar-refractivity contribution in [1.82, 2.24) is 0 Å². The minimum Gasteiger partial charge on any atom is -0.376 e. The van der Waals surface area contributed by atoms with Gasteiger partial charge in [0.15, 0.2) is 6.29 Å². The number of allylic oxidation sites excluding steroid dienone is 1. The molecule has 2 aliphatic rings. The summed E-state index contributed by atoms with van der Waals surface area (Å²) in [4.78, 5) is 0. The van der Waals surface area contributed by atoms with Gasteiger partial charge >= 0.3 is 0 Å². The number of hydrogen-bond donors (Lipinski definition) is 1. The lowest BCUT2D eigenvalue weighted by atomic mass is 9.85. The molecule has 3 heteroatoms. The van der Waals surface area contributed by atoms with Crippen LogP contribution in [0.5, 0.6) is 0 Å². The Balaban J connectivity index is 1.48. The van der Waals surface area contributed by atoms with Crippen LogP contribution in [0.1, 0.15) is 12.0 Å². The highest BCUT2D eigenvalue weighted by Gasteiger charge is 2.36. The highest BCUT2D eigenvalue weighted by atomic mass is 16.6. The molecule has 1 aromatic rings. The van der Waals surface area contributed by atoms with E-state index >= 15 is 0 Å². The quantitative estimate of drug-likeness (QED) is 0.845. The Morgan fingerprint density at radius 3 is 2.89 bits per heavy atom. The number of hydrogen-bond acceptors (Lipinski definition) is 3. The van der Waals surface area contributed by atoms with E-state index in [1.165, 1.54) is 5.56 Å². The molecule has 0 amide bonds. The molecule has 3 nitrogen and oxygen atoms in total. The van der Waals surface area contributed by atoms with E-state index in [0.717, 1.165) is 13.0 Å². The van der Waals surface area contributed by atoms with Gasteiger partial charge in [0.1, 0.15) is 0 Å². The van der Waals surface area contributed by atoms with Gasteiger partial charge in [-0.15, -0.1) is 0 Å². The number of aliphatic hydroxyl groups excluding tert-OH is 1. The van der Waals surface area contributed by atoms with Crippen molar-refractivity contribution in [3.63, 3.8) is 0 Å². The molecular weight excluding hydrogens is 240 g/mol. The van der Waals surface area contributed by atoms with Crippen molar-refractivity contribution in [1.29, 1.82) is 0 Å². The Labute approximate surface area is 113 Å². The lowest BCUT2D eigenvalue weighted by Gasteiger charge is -2.32. The van der Waals surface area contributed by atoms with E-state index in [4.69, 9.17) is 9.47 Å². The van der Waals surface area contributed by atoms with Gasteiger partial charge in [-0.05, 0) is 17.4 Å². The van der Waals surface area contributed by atoms with Crippen molar-refractivity contribution >= 4 is 0 Å². The fourth-order valence-electron chi connectivity index (χ4n) is 2.98. The zero-order chi connectivity index (χ0) is 13.1. The Morgan fingerprint density at radius 1 is 1.21 bits per heavy atom. The molecule has 0 aromatic heterocycles. The molecule has 3 rings (SSSR count). The second-order valence-corrected chi connectivity index (χ2v) is 5.40. The van der Waals surface area contributed by atoms with Crippen LogP contribution in [0, 0.1) is 17.8 Å². The van der Waals surface area contributed by atoms with Crippen molar-refractivity contribution in [2.75, 3.05) is 13.2 Å². The summed E-state index contributed by atoms with van der Waals surface area (Å²) in [6.07, 6.45) is 4.57. The molecule has 1 aliphatic carbocycles. The molecule has 1 heterocycles. The molecule has 0 saturated carbocycles. The van der Waals surface area contributed by atoms with Crippen LogP contribution >= 0.6 is 0 Å². The minimum absolute atomic E-state index is 0.418. The van der Waals surface area contributed by atoms with Crippen LogP contribution in [-0.4, -0.2) is 24.6 Å². The van der Waals surface area contributed by atoms with Gasteiger partial charge in [-0.3, -0.25) is 0 Å². The van der Waals surface area contributed by atoms with Crippen LogP contribution in [0.4, 0.5) is 0 Å². The molecule has 0 spiro atoms. The summed E-state index contributed by atoms with van der Waals surface area (Å²) in [6.45, 7) is 2.02. The summed E-state index contributed by atoms with van der Waals surface area (Å²) in [5.74, 6) is 1.34. The predicted molar refractivity (Wildman–Crippen MR) is 72.3 cm³/mol. The Morgan fingerprint density at radius 2 is 2.05 bits per heavy atom. The van der Waals surface area contributed by atoms with Gasteiger partial charge in [0, 0.05) is 12.3 Å². The van der Waals surface area contributed by atoms with Gasteiger partial charge in [-0.1, -0.05) is 42.5 Å². The first kappa shape index (κ1) is 12.9. The van der Waals surface area contributed by atoms with E-state index in [0.29, 0.717) is 31.0 Å². The van der Waals surface area contributed by atoms with E-state index in [9.17, 15) is 5.11 Å². The fourth-order valence-corrected chi connectivity index (χ4v) is 2.98. The second-order valence-electron chi connectivity index (χ2n) is 5.40. The topological polar surface area (TPSA) is 38.7 Å². The Hall–Kier alpha value is -1.16. The standard InChI is InChI=1S/C16H20O3/c17-16-8-13-6-7-14(15(13)11-19-16)10-18-9-12-4-2-1-3-5-12/h1-7,13-17H,8-11H2/t13-,14-,15+,16?/m1/s1. The lowest BCUT2D eigenvalue weighted by Crippen LogP contribution is -2.34. The zero-order valence-electron chi connectivity index (χ0n) is 10.9. The van der Waals surface area contributed by atoms with Crippen LogP contribution in [-0.2, 0) is 16.1 Å². The maximum absolute atomic E-state index is 9.48. The first-order valence-corrected chi connectivity index (χ1v) is 6.92.